The summed E-state index contributed by atoms with van der Waals surface area (Å²) in [6.07, 6.45) is 6.86. The number of carbonyl (C=O) groups excluding carboxylic acids is 1. The van der Waals surface area contributed by atoms with E-state index in [1.807, 2.05) is 57.3 Å². The number of aryl methyl sites for hydroxylation is 2. The van der Waals surface area contributed by atoms with Gasteiger partial charge >= 0.3 is 14.9 Å². The van der Waals surface area contributed by atoms with Crippen LogP contribution in [-0.2, 0) is 20.1 Å². The number of rotatable bonds is 10. The van der Waals surface area contributed by atoms with Crippen molar-refractivity contribution in [1.29, 1.82) is 0 Å². The Balaban J connectivity index is 0.000000323. The number of ketones is 1. The summed E-state index contributed by atoms with van der Waals surface area (Å²) >= 11 is 0. The van der Waals surface area contributed by atoms with Crippen LogP contribution < -0.4 is 5.19 Å². The van der Waals surface area contributed by atoms with Gasteiger partial charge in [0.15, 0.2) is 0 Å². The monoisotopic (exact) mass is 876 g/mol. The maximum Gasteiger partial charge on any atom is 0.653 e. The van der Waals surface area contributed by atoms with Gasteiger partial charge in [-0.3, -0.25) is 4.79 Å². The Morgan fingerprint density at radius 1 is 0.780 bits per heavy atom. The van der Waals surface area contributed by atoms with Crippen LogP contribution in [0, 0.1) is 30.7 Å². The summed E-state index contributed by atoms with van der Waals surface area (Å²) in [5.74, 6) is 0.598. The number of nitrogens with zero attached hydrogens (tertiary/aromatic N) is 1. The van der Waals surface area contributed by atoms with Gasteiger partial charge in [0.05, 0.1) is 11.5 Å². The van der Waals surface area contributed by atoms with E-state index in [1.54, 1.807) is 18.2 Å². The Morgan fingerprint density at radius 2 is 1.36 bits per heavy atom. The number of aromatic nitrogens is 1. The van der Waals surface area contributed by atoms with E-state index in [4.69, 9.17) is 0 Å². The van der Waals surface area contributed by atoms with Crippen molar-refractivity contribution in [3.8, 4) is 22.4 Å². The SMILES string of the molecule is CCC(C)(CC)C(=[OH+])/C=C(\O)C(C)(CC)CC.Cc1[c-]c(-c2nccc3c2ccc2cc(-c4ccc([Si](F)(F)F)cc4)ccc23)cc(C)c1.[Ir]. The summed E-state index contributed by atoms with van der Waals surface area (Å²) < 4.78 is 39.0. The van der Waals surface area contributed by atoms with E-state index in [2.05, 4.69) is 63.9 Å². The molecule has 1 heterocycles. The fraction of sp³-hybridized carbons (Fsp3) is 0.333. The van der Waals surface area contributed by atoms with Gasteiger partial charge in [0, 0.05) is 36.9 Å². The number of halogens is 3. The molecule has 5 aromatic rings. The smallest absolute Gasteiger partial charge is 0.511 e. The van der Waals surface area contributed by atoms with Gasteiger partial charge in [0.25, 0.3) is 0 Å². The van der Waals surface area contributed by atoms with Crippen molar-refractivity contribution in [2.75, 3.05) is 0 Å². The maximum absolute atomic E-state index is 13.0. The van der Waals surface area contributed by atoms with Crippen LogP contribution in [0.5, 0.6) is 0 Å². The van der Waals surface area contributed by atoms with Gasteiger partial charge in [0.1, 0.15) is 5.76 Å². The quantitative estimate of drug-likeness (QED) is 0.0289. The molecule has 0 spiro atoms. The first-order valence-corrected chi connectivity index (χ1v) is 18.7. The average Bonchev–Trinajstić information content (AvgIpc) is 3.09. The van der Waals surface area contributed by atoms with Crippen molar-refractivity contribution < 1.29 is 42.3 Å². The number of hydrogen-bond acceptors (Lipinski definition) is 2. The number of allylic oxidation sites excluding steroid dienone is 2. The standard InChI is InChI=1S/C27H19F3NSi.C15H28O2.Ir/c1-17-13-18(2)15-22(14-17)27-26-10-6-21-16-20(5-9-24(21)25(26)11-12-31-27)19-3-7-23(8-4-19)32(28,29)30;1-7-14(5,8-2)12(16)11-13(17)15(6,9-3)10-4;/h3-14,16H,1-2H3;11,16H,7-10H2,1-6H3;/q-1;;/p+1/b;12-11-;. The largest absolute Gasteiger partial charge is 0.653 e. The molecule has 1 radical (unpaired) electrons. The summed E-state index contributed by atoms with van der Waals surface area (Å²) in [6, 6.07) is 25.2. The number of aliphatic hydroxyl groups is 1. The first-order chi connectivity index (χ1) is 23.1. The zero-order valence-corrected chi connectivity index (χ0v) is 33.6. The molecule has 0 amide bonds. The van der Waals surface area contributed by atoms with Crippen LogP contribution in [0.25, 0.3) is 43.9 Å². The summed E-state index contributed by atoms with van der Waals surface area (Å²) in [5, 5.41) is 13.9. The first-order valence-electron chi connectivity index (χ1n) is 17.1. The molecule has 8 heteroatoms. The topological polar surface area (TPSA) is 54.5 Å². The van der Waals surface area contributed by atoms with Crippen LogP contribution in [0.15, 0.2) is 90.8 Å². The molecule has 0 bridgehead atoms. The van der Waals surface area contributed by atoms with E-state index >= 15 is 0 Å². The van der Waals surface area contributed by atoms with Crippen molar-refractivity contribution >= 4 is 41.6 Å². The number of fused-ring (bicyclic) bond motifs is 3. The summed E-state index contributed by atoms with van der Waals surface area (Å²) in [7, 11) is -5.78. The molecule has 0 atom stereocenters. The molecule has 1 aromatic heterocycles. The Hall–Kier alpha value is -3.58. The molecule has 0 saturated heterocycles. The van der Waals surface area contributed by atoms with Crippen molar-refractivity contribution in [3.05, 3.63) is 108 Å². The van der Waals surface area contributed by atoms with Crippen molar-refractivity contribution in [1.82, 2.24) is 4.98 Å². The molecular weight excluding hydrogens is 828 g/mol. The molecule has 4 aromatic carbocycles. The van der Waals surface area contributed by atoms with Gasteiger partial charge in [-0.1, -0.05) is 97.0 Å². The molecule has 0 aliphatic rings. The number of benzene rings is 4. The Labute approximate surface area is 309 Å². The van der Waals surface area contributed by atoms with Crippen molar-refractivity contribution in [3.63, 3.8) is 0 Å². The molecule has 267 valence electrons. The number of pyridine rings is 1. The van der Waals surface area contributed by atoms with Crippen LogP contribution in [0.4, 0.5) is 12.3 Å². The zero-order valence-electron chi connectivity index (χ0n) is 30.2. The third-order valence-electron chi connectivity index (χ3n) is 10.3. The summed E-state index contributed by atoms with van der Waals surface area (Å²) in [6.45, 7) is 16.4. The molecular formula is C42H48F3IrNO2Si. The fourth-order valence-corrected chi connectivity index (χ4v) is 6.51. The number of aliphatic hydroxyl groups excluding tert-OH is 1. The second kappa shape index (κ2) is 16.6. The summed E-state index contributed by atoms with van der Waals surface area (Å²) in [5.41, 5.74) is 5.32. The minimum atomic E-state index is -5.78. The normalized spacial score (nSPS) is 12.3. The molecule has 0 aliphatic heterocycles. The van der Waals surface area contributed by atoms with Gasteiger partial charge in [-0.05, 0) is 83.1 Å². The molecule has 0 fully saturated rings. The molecule has 2 N–H and O–H groups in total. The van der Waals surface area contributed by atoms with E-state index in [-0.39, 0.29) is 30.9 Å². The van der Waals surface area contributed by atoms with E-state index in [9.17, 15) is 22.2 Å². The second-order valence-electron chi connectivity index (χ2n) is 13.5. The van der Waals surface area contributed by atoms with Gasteiger partial charge in [-0.2, -0.15) is 0 Å². The number of hydrogen-bond donors (Lipinski definition) is 1. The van der Waals surface area contributed by atoms with Crippen LogP contribution >= 0.6 is 0 Å². The Bertz CT molecular complexity index is 1960. The van der Waals surface area contributed by atoms with E-state index in [0.717, 1.165) is 75.2 Å². The summed E-state index contributed by atoms with van der Waals surface area (Å²) in [4.78, 5) is 14.8. The van der Waals surface area contributed by atoms with E-state index in [1.165, 1.54) is 17.7 Å². The predicted molar refractivity (Wildman–Crippen MR) is 202 cm³/mol. The van der Waals surface area contributed by atoms with Gasteiger partial charge in [0.2, 0.25) is 0 Å². The molecule has 5 rings (SSSR count). The molecule has 0 aliphatic carbocycles. The first kappa shape index (κ1) is 40.8. The molecule has 0 unspecified atom stereocenters. The molecule has 50 heavy (non-hydrogen) atoms. The van der Waals surface area contributed by atoms with Crippen LogP contribution in [0.2, 0.25) is 0 Å². The maximum atomic E-state index is 13.0. The third-order valence-corrected chi connectivity index (χ3v) is 11.3. The third kappa shape index (κ3) is 9.01. The van der Waals surface area contributed by atoms with Gasteiger partial charge < -0.3 is 10.1 Å². The minimum Gasteiger partial charge on any atom is -0.511 e. The fourth-order valence-electron chi connectivity index (χ4n) is 5.97. The molecule has 0 saturated carbocycles. The Morgan fingerprint density at radius 3 is 1.92 bits per heavy atom. The van der Waals surface area contributed by atoms with Gasteiger partial charge in [-0.15, -0.1) is 34.9 Å². The van der Waals surface area contributed by atoms with Crippen molar-refractivity contribution in [2.45, 2.75) is 81.1 Å². The van der Waals surface area contributed by atoms with E-state index < -0.39 is 14.3 Å². The predicted octanol–water partition coefficient (Wildman–Crippen LogP) is 11.8. The van der Waals surface area contributed by atoms with Gasteiger partial charge in [-0.25, -0.2) is 12.3 Å². The average molecular weight is 876 g/mol. The van der Waals surface area contributed by atoms with Crippen molar-refractivity contribution in [2.24, 2.45) is 10.8 Å². The second-order valence-corrected chi connectivity index (χ2v) is 15.1. The van der Waals surface area contributed by atoms with Crippen LogP contribution in [0.3, 0.4) is 0 Å². The zero-order chi connectivity index (χ0) is 36.1. The Kier molecular flexibility index (Phi) is 13.6. The van der Waals surface area contributed by atoms with E-state index in [0.29, 0.717) is 11.5 Å². The molecule has 3 nitrogen and oxygen atoms in total. The van der Waals surface area contributed by atoms with Crippen LogP contribution in [-0.4, -0.2) is 29.7 Å². The van der Waals surface area contributed by atoms with Crippen LogP contribution in [0.1, 0.15) is 78.4 Å². The minimum absolute atomic E-state index is 0.